The van der Waals surface area contributed by atoms with Crippen molar-refractivity contribution < 1.29 is 27.5 Å². The van der Waals surface area contributed by atoms with Gasteiger partial charge >= 0.3 is 6.18 Å². The molecule has 220 valence electrons. The Balaban J connectivity index is 1.33. The van der Waals surface area contributed by atoms with Crippen LogP contribution in [0, 0.1) is 0 Å². The molecule has 0 aliphatic carbocycles. The van der Waals surface area contributed by atoms with Crippen LogP contribution in [0.2, 0.25) is 10.0 Å². The number of hydrogen-bond acceptors (Lipinski definition) is 9. The standard InChI is InChI=1S/C25H26Cl2F3N7O3S/c1-14(24-32-12-18(41-24)22(38)36-15-3-4-17(26)16(11-15)25(28,29)30)35-23(39)20-19(27)21(34-13-33-20)31-5-2-6-37-7-9-40-10-8-37/h3-4,11-14H,2,5-10H2,1H3,(H,35,39)(H,36,38)(H,31,33,34). The lowest BCUT2D eigenvalue weighted by Gasteiger charge is -2.26. The second kappa shape index (κ2) is 13.7. The Morgan fingerprint density at radius 3 is 2.63 bits per heavy atom. The number of anilines is 2. The number of thiazole rings is 1. The van der Waals surface area contributed by atoms with Gasteiger partial charge in [-0.25, -0.2) is 15.0 Å². The highest BCUT2D eigenvalue weighted by Gasteiger charge is 2.33. The lowest BCUT2D eigenvalue weighted by atomic mass is 10.2. The lowest BCUT2D eigenvalue weighted by molar-refractivity contribution is -0.137. The van der Waals surface area contributed by atoms with Crippen LogP contribution in [0.1, 0.15) is 50.1 Å². The minimum Gasteiger partial charge on any atom is -0.379 e. The highest BCUT2D eigenvalue weighted by Crippen LogP contribution is 2.36. The van der Waals surface area contributed by atoms with Gasteiger partial charge in [-0.05, 0) is 38.1 Å². The Kier molecular flexibility index (Phi) is 10.4. The van der Waals surface area contributed by atoms with E-state index in [1.807, 2.05) is 0 Å². The lowest BCUT2D eigenvalue weighted by Crippen LogP contribution is -2.37. The third-order valence-corrected chi connectivity index (χ3v) is 7.91. The van der Waals surface area contributed by atoms with E-state index in [2.05, 4.69) is 35.8 Å². The second-order valence-corrected chi connectivity index (χ2v) is 10.9. The van der Waals surface area contributed by atoms with E-state index in [-0.39, 0.29) is 21.3 Å². The van der Waals surface area contributed by atoms with Crippen LogP contribution < -0.4 is 16.0 Å². The summed E-state index contributed by atoms with van der Waals surface area (Å²) in [5.74, 6) is -0.889. The number of morpholine rings is 1. The van der Waals surface area contributed by atoms with Crippen molar-refractivity contribution in [3.8, 4) is 0 Å². The molecule has 1 atom stereocenters. The van der Waals surface area contributed by atoms with Gasteiger partial charge in [-0.2, -0.15) is 13.2 Å². The van der Waals surface area contributed by atoms with Crippen molar-refractivity contribution in [3.63, 3.8) is 0 Å². The molecule has 3 N–H and O–H groups in total. The summed E-state index contributed by atoms with van der Waals surface area (Å²) in [6.45, 7) is 6.41. The maximum absolute atomic E-state index is 13.1. The van der Waals surface area contributed by atoms with E-state index in [0.29, 0.717) is 17.4 Å². The Morgan fingerprint density at radius 1 is 1.15 bits per heavy atom. The number of halogens is 5. The number of amides is 2. The van der Waals surface area contributed by atoms with Crippen molar-refractivity contribution in [2.75, 3.05) is 50.0 Å². The Hall–Kier alpha value is -3.04. The number of aromatic nitrogens is 3. The van der Waals surface area contributed by atoms with Gasteiger partial charge < -0.3 is 20.7 Å². The molecule has 1 aliphatic rings. The fourth-order valence-corrected chi connectivity index (χ4v) is 5.21. The van der Waals surface area contributed by atoms with E-state index in [4.69, 9.17) is 27.9 Å². The summed E-state index contributed by atoms with van der Waals surface area (Å²) in [5.41, 5.74) is -1.16. The molecule has 3 heterocycles. The van der Waals surface area contributed by atoms with Gasteiger partial charge in [0.05, 0.1) is 36.0 Å². The van der Waals surface area contributed by atoms with Crippen molar-refractivity contribution in [2.45, 2.75) is 25.6 Å². The molecule has 2 aromatic heterocycles. The zero-order chi connectivity index (χ0) is 29.6. The predicted octanol–water partition coefficient (Wildman–Crippen LogP) is 5.14. The molecule has 4 rings (SSSR count). The first-order valence-electron chi connectivity index (χ1n) is 12.5. The Morgan fingerprint density at radius 2 is 1.90 bits per heavy atom. The number of nitrogens with one attached hydrogen (secondary N) is 3. The summed E-state index contributed by atoms with van der Waals surface area (Å²) < 4.78 is 44.7. The smallest absolute Gasteiger partial charge is 0.379 e. The van der Waals surface area contributed by atoms with Crippen molar-refractivity contribution in [1.29, 1.82) is 0 Å². The predicted molar refractivity (Wildman–Crippen MR) is 150 cm³/mol. The van der Waals surface area contributed by atoms with Gasteiger partial charge in [0.25, 0.3) is 11.8 Å². The Labute approximate surface area is 247 Å². The number of ether oxygens (including phenoxy) is 1. The van der Waals surface area contributed by atoms with Gasteiger partial charge in [-0.3, -0.25) is 14.5 Å². The minimum absolute atomic E-state index is 0.0260. The van der Waals surface area contributed by atoms with Crippen molar-refractivity contribution in [3.05, 3.63) is 61.9 Å². The number of benzene rings is 1. The fourth-order valence-electron chi connectivity index (χ4n) is 3.92. The summed E-state index contributed by atoms with van der Waals surface area (Å²) in [6, 6.07) is 2.45. The molecule has 0 spiro atoms. The van der Waals surface area contributed by atoms with E-state index in [9.17, 15) is 22.8 Å². The SMILES string of the molecule is CC(NC(=O)c1ncnc(NCCCN2CCOCC2)c1Cl)c1ncc(C(=O)Nc2ccc(Cl)c(C(F)(F)F)c2)s1. The topological polar surface area (TPSA) is 121 Å². The maximum atomic E-state index is 13.1. The number of nitrogens with zero attached hydrogens (tertiary/aromatic N) is 4. The van der Waals surface area contributed by atoms with Gasteiger partial charge in [0.1, 0.15) is 27.1 Å². The molecule has 0 radical (unpaired) electrons. The number of alkyl halides is 3. The average Bonchev–Trinajstić information content (AvgIpc) is 3.44. The first kappa shape index (κ1) is 30.9. The van der Waals surface area contributed by atoms with E-state index in [1.54, 1.807) is 6.92 Å². The molecule has 16 heteroatoms. The summed E-state index contributed by atoms with van der Waals surface area (Å²) in [5, 5.41) is 8.27. The molecular formula is C25H26Cl2F3N7O3S. The third-order valence-electron chi connectivity index (χ3n) is 6.05. The average molecular weight is 632 g/mol. The van der Waals surface area contributed by atoms with Crippen molar-refractivity contribution >= 4 is 57.9 Å². The van der Waals surface area contributed by atoms with Crippen LogP contribution in [0.4, 0.5) is 24.7 Å². The number of hydrogen-bond donors (Lipinski definition) is 3. The summed E-state index contributed by atoms with van der Waals surface area (Å²) in [6.07, 6.45) is -1.31. The quantitative estimate of drug-likeness (QED) is 0.263. The highest BCUT2D eigenvalue weighted by molar-refractivity contribution is 7.13. The normalized spacial score (nSPS) is 14.9. The van der Waals surface area contributed by atoms with Crippen LogP contribution >= 0.6 is 34.5 Å². The molecule has 1 fully saturated rings. The van der Waals surface area contributed by atoms with Gasteiger partial charge in [0.2, 0.25) is 0 Å². The maximum Gasteiger partial charge on any atom is 0.417 e. The monoisotopic (exact) mass is 631 g/mol. The summed E-state index contributed by atoms with van der Waals surface area (Å²) in [4.78, 5) is 40.3. The van der Waals surface area contributed by atoms with Gasteiger partial charge in [0.15, 0.2) is 5.69 Å². The van der Waals surface area contributed by atoms with E-state index >= 15 is 0 Å². The van der Waals surface area contributed by atoms with Crippen molar-refractivity contribution in [1.82, 2.24) is 25.2 Å². The first-order chi connectivity index (χ1) is 19.5. The van der Waals surface area contributed by atoms with Gasteiger partial charge in [-0.15, -0.1) is 11.3 Å². The molecular weight excluding hydrogens is 606 g/mol. The first-order valence-corrected chi connectivity index (χ1v) is 14.1. The largest absolute Gasteiger partial charge is 0.417 e. The molecule has 1 aliphatic heterocycles. The van der Waals surface area contributed by atoms with Gasteiger partial charge in [-0.1, -0.05) is 23.2 Å². The Bertz CT molecular complexity index is 1390. The minimum atomic E-state index is -4.67. The van der Waals surface area contributed by atoms with Crippen LogP contribution in [-0.4, -0.2) is 71.1 Å². The molecule has 10 nitrogen and oxygen atoms in total. The van der Waals surface area contributed by atoms with Crippen LogP contribution in [-0.2, 0) is 10.9 Å². The molecule has 1 unspecified atom stereocenters. The third kappa shape index (κ3) is 8.26. The number of carbonyl (C=O) groups is 2. The molecule has 0 bridgehead atoms. The zero-order valence-electron chi connectivity index (χ0n) is 21.7. The molecule has 2 amide bonds. The van der Waals surface area contributed by atoms with Crippen LogP contribution in [0.5, 0.6) is 0 Å². The van der Waals surface area contributed by atoms with Crippen LogP contribution in [0.15, 0.2) is 30.7 Å². The molecule has 3 aromatic rings. The fraction of sp³-hybridized carbons (Fsp3) is 0.400. The van der Waals surface area contributed by atoms with Gasteiger partial charge in [0, 0.05) is 25.3 Å². The number of rotatable bonds is 10. The highest BCUT2D eigenvalue weighted by atomic mass is 35.5. The van der Waals surface area contributed by atoms with Crippen LogP contribution in [0.3, 0.4) is 0 Å². The molecule has 1 aromatic carbocycles. The van der Waals surface area contributed by atoms with E-state index in [1.165, 1.54) is 18.6 Å². The van der Waals surface area contributed by atoms with Crippen LogP contribution in [0.25, 0.3) is 0 Å². The zero-order valence-corrected chi connectivity index (χ0v) is 24.1. The summed E-state index contributed by atoms with van der Waals surface area (Å²) in [7, 11) is 0. The summed E-state index contributed by atoms with van der Waals surface area (Å²) >= 11 is 13.0. The number of carbonyl (C=O) groups excluding carboxylic acids is 2. The van der Waals surface area contributed by atoms with Crippen molar-refractivity contribution in [2.24, 2.45) is 0 Å². The van der Waals surface area contributed by atoms with E-state index in [0.717, 1.165) is 62.7 Å². The van der Waals surface area contributed by atoms with E-state index < -0.39 is 34.6 Å². The molecule has 1 saturated heterocycles. The molecule has 0 saturated carbocycles. The molecule has 41 heavy (non-hydrogen) atoms. The second-order valence-electron chi connectivity index (χ2n) is 9.02.